The SMILES string of the molecule is NC(=O)c1c(N=Cc2cccc(Br)c2)n[nH]c1Nc1cccc(Cl)c1. The molecular formula is C17H13BrClN5O. The van der Waals surface area contributed by atoms with Crippen LogP contribution in [0.3, 0.4) is 0 Å². The number of amides is 1. The first-order valence-electron chi connectivity index (χ1n) is 7.23. The van der Waals surface area contributed by atoms with Crippen LogP contribution >= 0.6 is 27.5 Å². The molecule has 8 heteroatoms. The highest BCUT2D eigenvalue weighted by Crippen LogP contribution is 2.27. The number of aliphatic imine (C=N–C) groups is 1. The van der Waals surface area contributed by atoms with E-state index in [2.05, 4.69) is 36.4 Å². The number of aromatic amines is 1. The van der Waals surface area contributed by atoms with Crippen molar-refractivity contribution in [3.05, 3.63) is 69.2 Å². The van der Waals surface area contributed by atoms with Gasteiger partial charge in [-0.15, -0.1) is 0 Å². The van der Waals surface area contributed by atoms with Crippen molar-refractivity contribution < 1.29 is 4.79 Å². The van der Waals surface area contributed by atoms with Gasteiger partial charge in [-0.3, -0.25) is 9.89 Å². The highest BCUT2D eigenvalue weighted by molar-refractivity contribution is 9.10. The third-order valence-corrected chi connectivity index (χ3v) is 4.00. The number of carbonyl (C=O) groups is 1. The number of anilines is 2. The van der Waals surface area contributed by atoms with Crippen molar-refractivity contribution in [3.8, 4) is 0 Å². The molecule has 0 unspecified atom stereocenters. The molecule has 2 aromatic carbocycles. The van der Waals surface area contributed by atoms with Gasteiger partial charge in [-0.05, 0) is 35.9 Å². The number of rotatable bonds is 5. The monoisotopic (exact) mass is 417 g/mol. The fraction of sp³-hybridized carbons (Fsp3) is 0. The Kier molecular flexibility index (Phi) is 5.16. The van der Waals surface area contributed by atoms with Crippen LogP contribution in [0, 0.1) is 0 Å². The van der Waals surface area contributed by atoms with Crippen molar-refractivity contribution in [3.63, 3.8) is 0 Å². The summed E-state index contributed by atoms with van der Waals surface area (Å²) in [6.45, 7) is 0. The van der Waals surface area contributed by atoms with Gasteiger partial charge in [0.1, 0.15) is 11.4 Å². The average molecular weight is 419 g/mol. The average Bonchev–Trinajstić information content (AvgIpc) is 2.96. The molecule has 1 aromatic heterocycles. The van der Waals surface area contributed by atoms with Crippen LogP contribution in [0.4, 0.5) is 17.3 Å². The largest absolute Gasteiger partial charge is 0.365 e. The zero-order chi connectivity index (χ0) is 17.8. The first-order chi connectivity index (χ1) is 12.0. The molecule has 1 heterocycles. The van der Waals surface area contributed by atoms with Gasteiger partial charge in [-0.2, -0.15) is 5.10 Å². The number of nitrogens with zero attached hydrogens (tertiary/aromatic N) is 2. The lowest BCUT2D eigenvalue weighted by Crippen LogP contribution is -2.12. The Morgan fingerprint density at radius 2 is 2.08 bits per heavy atom. The van der Waals surface area contributed by atoms with Crippen molar-refractivity contribution in [2.75, 3.05) is 5.32 Å². The Labute approximate surface area is 157 Å². The van der Waals surface area contributed by atoms with Crippen molar-refractivity contribution in [1.82, 2.24) is 10.2 Å². The number of primary amides is 1. The highest BCUT2D eigenvalue weighted by Gasteiger charge is 2.18. The summed E-state index contributed by atoms with van der Waals surface area (Å²) in [6, 6.07) is 14.6. The molecule has 25 heavy (non-hydrogen) atoms. The van der Waals surface area contributed by atoms with E-state index in [1.165, 1.54) is 0 Å². The van der Waals surface area contributed by atoms with Gasteiger partial charge in [0.05, 0.1) is 0 Å². The van der Waals surface area contributed by atoms with Gasteiger partial charge >= 0.3 is 0 Å². The van der Waals surface area contributed by atoms with Crippen LogP contribution in [-0.2, 0) is 0 Å². The van der Waals surface area contributed by atoms with Crippen LogP contribution in [0.25, 0.3) is 0 Å². The van der Waals surface area contributed by atoms with Gasteiger partial charge in [-0.1, -0.05) is 45.7 Å². The minimum absolute atomic E-state index is 0.172. The van der Waals surface area contributed by atoms with Crippen molar-refractivity contribution in [2.24, 2.45) is 10.7 Å². The third-order valence-electron chi connectivity index (χ3n) is 3.27. The number of hydrogen-bond acceptors (Lipinski definition) is 4. The molecule has 0 radical (unpaired) electrons. The Hall–Kier alpha value is -2.64. The van der Waals surface area contributed by atoms with E-state index in [1.807, 2.05) is 30.3 Å². The van der Waals surface area contributed by atoms with E-state index in [0.717, 1.165) is 10.0 Å². The summed E-state index contributed by atoms with van der Waals surface area (Å²) in [6.07, 6.45) is 1.61. The second kappa shape index (κ2) is 7.50. The number of aromatic nitrogens is 2. The number of halogens is 2. The van der Waals surface area contributed by atoms with Crippen LogP contribution in [0.2, 0.25) is 5.02 Å². The molecule has 0 aliphatic rings. The van der Waals surface area contributed by atoms with Gasteiger partial charge in [-0.25, -0.2) is 4.99 Å². The maximum absolute atomic E-state index is 11.8. The predicted molar refractivity (Wildman–Crippen MR) is 103 cm³/mol. The van der Waals surface area contributed by atoms with Gasteiger partial charge in [0.2, 0.25) is 0 Å². The topological polar surface area (TPSA) is 96.2 Å². The van der Waals surface area contributed by atoms with E-state index in [4.69, 9.17) is 17.3 Å². The zero-order valence-electron chi connectivity index (χ0n) is 12.8. The number of hydrogen-bond donors (Lipinski definition) is 3. The number of nitrogens with two attached hydrogens (primary N) is 1. The summed E-state index contributed by atoms with van der Waals surface area (Å²) in [5.74, 6) is -0.0761. The van der Waals surface area contributed by atoms with Gasteiger partial charge in [0, 0.05) is 21.4 Å². The van der Waals surface area contributed by atoms with Gasteiger partial charge < -0.3 is 11.1 Å². The van der Waals surface area contributed by atoms with Crippen molar-refractivity contribution >= 4 is 57.0 Å². The molecule has 6 nitrogen and oxygen atoms in total. The van der Waals surface area contributed by atoms with Crippen LogP contribution in [-0.4, -0.2) is 22.3 Å². The van der Waals surface area contributed by atoms with Gasteiger partial charge in [0.15, 0.2) is 5.82 Å². The summed E-state index contributed by atoms with van der Waals surface area (Å²) in [5.41, 5.74) is 7.22. The molecule has 0 saturated carbocycles. The van der Waals surface area contributed by atoms with E-state index in [1.54, 1.807) is 24.4 Å². The number of carbonyl (C=O) groups excluding carboxylic acids is 1. The van der Waals surface area contributed by atoms with E-state index in [9.17, 15) is 4.79 Å². The normalized spacial score (nSPS) is 11.0. The summed E-state index contributed by atoms with van der Waals surface area (Å²) in [5, 5.41) is 10.4. The van der Waals surface area contributed by atoms with E-state index >= 15 is 0 Å². The lowest BCUT2D eigenvalue weighted by molar-refractivity contribution is 0.100. The van der Waals surface area contributed by atoms with Crippen LogP contribution < -0.4 is 11.1 Å². The Morgan fingerprint density at radius 3 is 2.80 bits per heavy atom. The summed E-state index contributed by atoms with van der Waals surface area (Å²) in [7, 11) is 0. The maximum Gasteiger partial charge on any atom is 0.256 e. The Morgan fingerprint density at radius 1 is 1.28 bits per heavy atom. The minimum Gasteiger partial charge on any atom is -0.365 e. The first-order valence-corrected chi connectivity index (χ1v) is 8.40. The van der Waals surface area contributed by atoms with Crippen molar-refractivity contribution in [2.45, 2.75) is 0 Å². The third kappa shape index (κ3) is 4.26. The van der Waals surface area contributed by atoms with Crippen LogP contribution in [0.15, 0.2) is 58.0 Å². The smallest absolute Gasteiger partial charge is 0.256 e. The lowest BCUT2D eigenvalue weighted by Gasteiger charge is -2.05. The Bertz CT molecular complexity index is 954. The molecule has 0 fully saturated rings. The number of benzene rings is 2. The first kappa shape index (κ1) is 17.2. The summed E-state index contributed by atoms with van der Waals surface area (Å²) >= 11 is 9.36. The molecule has 126 valence electrons. The molecule has 4 N–H and O–H groups in total. The fourth-order valence-electron chi connectivity index (χ4n) is 2.18. The fourth-order valence-corrected chi connectivity index (χ4v) is 2.79. The zero-order valence-corrected chi connectivity index (χ0v) is 15.2. The molecule has 0 aliphatic heterocycles. The van der Waals surface area contributed by atoms with Crippen LogP contribution in [0.1, 0.15) is 15.9 Å². The van der Waals surface area contributed by atoms with Gasteiger partial charge in [0.25, 0.3) is 5.91 Å². The summed E-state index contributed by atoms with van der Waals surface area (Å²) in [4.78, 5) is 16.1. The Balaban J connectivity index is 1.91. The van der Waals surface area contributed by atoms with Crippen LogP contribution in [0.5, 0.6) is 0 Å². The molecular weight excluding hydrogens is 406 g/mol. The van der Waals surface area contributed by atoms with E-state index in [0.29, 0.717) is 16.5 Å². The molecule has 0 spiro atoms. The summed E-state index contributed by atoms with van der Waals surface area (Å²) < 4.78 is 0.928. The highest BCUT2D eigenvalue weighted by atomic mass is 79.9. The number of nitrogens with one attached hydrogen (secondary N) is 2. The molecule has 0 atom stereocenters. The minimum atomic E-state index is -0.639. The molecule has 1 amide bonds. The molecule has 0 aliphatic carbocycles. The second-order valence-corrected chi connectivity index (χ2v) is 6.46. The molecule has 3 aromatic rings. The molecule has 0 saturated heterocycles. The molecule has 0 bridgehead atoms. The van der Waals surface area contributed by atoms with E-state index in [-0.39, 0.29) is 11.4 Å². The second-order valence-electron chi connectivity index (χ2n) is 5.11. The number of H-pyrrole nitrogens is 1. The lowest BCUT2D eigenvalue weighted by atomic mass is 10.2. The van der Waals surface area contributed by atoms with Crippen molar-refractivity contribution in [1.29, 1.82) is 0 Å². The molecule has 3 rings (SSSR count). The maximum atomic E-state index is 11.8. The standard InChI is InChI=1S/C17H13BrClN5O/c18-11-4-1-3-10(7-11)9-21-16-14(15(20)25)17(24-23-16)22-13-6-2-5-12(19)8-13/h1-9H,(H2,20,25)(H2,22,23,24). The quantitative estimate of drug-likeness (QED) is 0.535. The van der Waals surface area contributed by atoms with E-state index < -0.39 is 5.91 Å². The predicted octanol–water partition coefficient (Wildman–Crippen LogP) is 4.42.